The first-order chi connectivity index (χ1) is 9.33. The third-order valence-electron chi connectivity index (χ3n) is 4.98. The van der Waals surface area contributed by atoms with Gasteiger partial charge in [-0.3, -0.25) is 9.58 Å². The van der Waals surface area contributed by atoms with Crippen LogP contribution in [0, 0.1) is 17.8 Å². The van der Waals surface area contributed by atoms with Gasteiger partial charge in [-0.1, -0.05) is 6.92 Å². The first-order valence-electron chi connectivity index (χ1n) is 7.60. The molecule has 1 aliphatic carbocycles. The number of rotatable bonds is 5. The lowest BCUT2D eigenvalue weighted by atomic mass is 9.64. The Hall–Kier alpha value is -0.870. The third kappa shape index (κ3) is 3.18. The zero-order valence-electron chi connectivity index (χ0n) is 11.9. The molecule has 4 nitrogen and oxygen atoms in total. The SMILES string of the molecule is C[C@H]1[C@@H](CCn2cccn2)C[C@H]1CN1CCOCC1. The van der Waals surface area contributed by atoms with Gasteiger partial charge >= 0.3 is 0 Å². The Balaban J connectivity index is 1.38. The number of ether oxygens (including phenoxy) is 1. The van der Waals surface area contributed by atoms with Crippen LogP contribution in [0.2, 0.25) is 0 Å². The maximum Gasteiger partial charge on any atom is 0.0594 e. The van der Waals surface area contributed by atoms with E-state index in [2.05, 4.69) is 27.8 Å². The molecule has 1 saturated heterocycles. The summed E-state index contributed by atoms with van der Waals surface area (Å²) in [6.07, 6.45) is 6.61. The van der Waals surface area contributed by atoms with Crippen LogP contribution >= 0.6 is 0 Å². The van der Waals surface area contributed by atoms with Crippen molar-refractivity contribution >= 4 is 0 Å². The molecule has 0 N–H and O–H groups in total. The van der Waals surface area contributed by atoms with E-state index in [1.165, 1.54) is 19.4 Å². The number of aromatic nitrogens is 2. The van der Waals surface area contributed by atoms with Gasteiger partial charge in [0, 0.05) is 38.6 Å². The summed E-state index contributed by atoms with van der Waals surface area (Å²) >= 11 is 0. The van der Waals surface area contributed by atoms with E-state index in [0.717, 1.165) is 50.6 Å². The van der Waals surface area contributed by atoms with Crippen LogP contribution in [0.15, 0.2) is 18.5 Å². The Kier molecular flexibility index (Phi) is 4.18. The van der Waals surface area contributed by atoms with Crippen LogP contribution in [-0.4, -0.2) is 47.5 Å². The normalized spacial score (nSPS) is 32.2. The summed E-state index contributed by atoms with van der Waals surface area (Å²) in [6, 6.07) is 2.01. The van der Waals surface area contributed by atoms with Crippen LogP contribution < -0.4 is 0 Å². The summed E-state index contributed by atoms with van der Waals surface area (Å²) in [4.78, 5) is 2.58. The predicted octanol–water partition coefficient (Wildman–Crippen LogP) is 1.88. The Morgan fingerprint density at radius 2 is 2.11 bits per heavy atom. The van der Waals surface area contributed by atoms with Crippen LogP contribution in [0.3, 0.4) is 0 Å². The van der Waals surface area contributed by atoms with Crippen molar-refractivity contribution in [3.8, 4) is 0 Å². The van der Waals surface area contributed by atoms with Gasteiger partial charge in [-0.05, 0) is 36.7 Å². The second-order valence-electron chi connectivity index (χ2n) is 6.09. The molecular weight excluding hydrogens is 238 g/mol. The minimum absolute atomic E-state index is 0.874. The minimum atomic E-state index is 0.874. The summed E-state index contributed by atoms with van der Waals surface area (Å²) < 4.78 is 7.47. The minimum Gasteiger partial charge on any atom is -0.379 e. The molecule has 0 amide bonds. The zero-order chi connectivity index (χ0) is 13.1. The molecule has 0 radical (unpaired) electrons. The summed E-state index contributed by atoms with van der Waals surface area (Å²) in [7, 11) is 0. The fourth-order valence-corrected chi connectivity index (χ4v) is 3.47. The monoisotopic (exact) mass is 263 g/mol. The standard InChI is InChI=1S/C15H25N3O/c1-13-14(3-6-18-5-2-4-16-18)11-15(13)12-17-7-9-19-10-8-17/h2,4-5,13-15H,3,6-12H2,1H3/t13-,14-,15-/m0/s1. The molecule has 3 rings (SSSR count). The zero-order valence-corrected chi connectivity index (χ0v) is 11.9. The van der Waals surface area contributed by atoms with Crippen LogP contribution in [0.4, 0.5) is 0 Å². The lowest BCUT2D eigenvalue weighted by Gasteiger charge is -2.45. The molecule has 0 aromatic carbocycles. The number of aryl methyl sites for hydroxylation is 1. The molecular formula is C15H25N3O. The van der Waals surface area contributed by atoms with Crippen LogP contribution in [0.5, 0.6) is 0 Å². The molecule has 0 spiro atoms. The topological polar surface area (TPSA) is 30.3 Å². The third-order valence-corrected chi connectivity index (χ3v) is 4.98. The second-order valence-corrected chi connectivity index (χ2v) is 6.09. The van der Waals surface area contributed by atoms with Crippen molar-refractivity contribution in [2.75, 3.05) is 32.8 Å². The summed E-state index contributed by atoms with van der Waals surface area (Å²) in [6.45, 7) is 8.88. The highest BCUT2D eigenvalue weighted by Crippen LogP contribution is 2.42. The van der Waals surface area contributed by atoms with Crippen molar-refractivity contribution in [3.05, 3.63) is 18.5 Å². The van der Waals surface area contributed by atoms with Gasteiger partial charge in [-0.2, -0.15) is 5.10 Å². The molecule has 106 valence electrons. The Morgan fingerprint density at radius 1 is 1.26 bits per heavy atom. The fourth-order valence-electron chi connectivity index (χ4n) is 3.47. The molecule has 4 heteroatoms. The maximum atomic E-state index is 5.41. The van der Waals surface area contributed by atoms with Gasteiger partial charge in [0.1, 0.15) is 0 Å². The lowest BCUT2D eigenvalue weighted by molar-refractivity contribution is -0.00662. The van der Waals surface area contributed by atoms with Gasteiger partial charge in [0.25, 0.3) is 0 Å². The molecule has 0 unspecified atom stereocenters. The molecule has 1 aliphatic heterocycles. The molecule has 1 saturated carbocycles. The Labute approximate surface area is 115 Å². The lowest BCUT2D eigenvalue weighted by Crippen LogP contribution is -2.46. The van der Waals surface area contributed by atoms with Gasteiger partial charge in [-0.25, -0.2) is 0 Å². The van der Waals surface area contributed by atoms with Crippen LogP contribution in [0.1, 0.15) is 19.8 Å². The largest absolute Gasteiger partial charge is 0.379 e. The van der Waals surface area contributed by atoms with Crippen molar-refractivity contribution in [3.63, 3.8) is 0 Å². The van der Waals surface area contributed by atoms with Crippen molar-refractivity contribution in [1.29, 1.82) is 0 Å². The van der Waals surface area contributed by atoms with E-state index < -0.39 is 0 Å². The smallest absolute Gasteiger partial charge is 0.0594 e. The van der Waals surface area contributed by atoms with Crippen molar-refractivity contribution in [2.45, 2.75) is 26.3 Å². The van der Waals surface area contributed by atoms with E-state index in [1.807, 2.05) is 12.3 Å². The second kappa shape index (κ2) is 6.06. The molecule has 19 heavy (non-hydrogen) atoms. The average Bonchev–Trinajstić information content (AvgIpc) is 2.96. The Bertz CT molecular complexity index is 373. The summed E-state index contributed by atoms with van der Waals surface area (Å²) in [5.74, 6) is 2.68. The molecule has 2 heterocycles. The van der Waals surface area contributed by atoms with E-state index in [4.69, 9.17) is 4.74 Å². The first-order valence-corrected chi connectivity index (χ1v) is 7.60. The van der Waals surface area contributed by atoms with Gasteiger partial charge in [0.05, 0.1) is 13.2 Å². The fraction of sp³-hybridized carbons (Fsp3) is 0.800. The number of hydrogen-bond acceptors (Lipinski definition) is 3. The maximum absolute atomic E-state index is 5.41. The molecule has 2 fully saturated rings. The van der Waals surface area contributed by atoms with Gasteiger partial charge in [0.2, 0.25) is 0 Å². The van der Waals surface area contributed by atoms with Crippen LogP contribution in [0.25, 0.3) is 0 Å². The van der Waals surface area contributed by atoms with Gasteiger partial charge < -0.3 is 4.74 Å². The summed E-state index contributed by atoms with van der Waals surface area (Å²) in [5.41, 5.74) is 0. The van der Waals surface area contributed by atoms with E-state index in [-0.39, 0.29) is 0 Å². The molecule has 2 aliphatic rings. The van der Waals surface area contributed by atoms with E-state index >= 15 is 0 Å². The highest BCUT2D eigenvalue weighted by Gasteiger charge is 2.37. The van der Waals surface area contributed by atoms with E-state index in [9.17, 15) is 0 Å². The summed E-state index contributed by atoms with van der Waals surface area (Å²) in [5, 5.41) is 4.28. The number of hydrogen-bond donors (Lipinski definition) is 0. The molecule has 1 aromatic heterocycles. The predicted molar refractivity (Wildman–Crippen MR) is 74.9 cm³/mol. The van der Waals surface area contributed by atoms with Crippen molar-refractivity contribution < 1.29 is 4.74 Å². The quantitative estimate of drug-likeness (QED) is 0.812. The highest BCUT2D eigenvalue weighted by atomic mass is 16.5. The number of morpholine rings is 1. The van der Waals surface area contributed by atoms with Crippen LogP contribution in [-0.2, 0) is 11.3 Å². The average molecular weight is 263 g/mol. The highest BCUT2D eigenvalue weighted by molar-refractivity contribution is 4.89. The van der Waals surface area contributed by atoms with Crippen molar-refractivity contribution in [1.82, 2.24) is 14.7 Å². The van der Waals surface area contributed by atoms with Crippen molar-refractivity contribution in [2.24, 2.45) is 17.8 Å². The van der Waals surface area contributed by atoms with Gasteiger partial charge in [0.15, 0.2) is 0 Å². The molecule has 0 bridgehead atoms. The van der Waals surface area contributed by atoms with E-state index in [1.54, 1.807) is 0 Å². The first kappa shape index (κ1) is 13.1. The number of nitrogens with zero attached hydrogens (tertiary/aromatic N) is 3. The Morgan fingerprint density at radius 3 is 2.79 bits per heavy atom. The van der Waals surface area contributed by atoms with E-state index in [0.29, 0.717) is 0 Å². The molecule has 1 aromatic rings. The molecule has 3 atom stereocenters. The van der Waals surface area contributed by atoms with Gasteiger partial charge in [-0.15, -0.1) is 0 Å².